The number of anilines is 1. The number of nitrogens with zero attached hydrogens (tertiary/aromatic N) is 1. The van der Waals surface area contributed by atoms with Crippen LogP contribution in [0.1, 0.15) is 11.1 Å². The van der Waals surface area contributed by atoms with Crippen molar-refractivity contribution in [2.45, 2.75) is 6.92 Å². The predicted molar refractivity (Wildman–Crippen MR) is 98.0 cm³/mol. The summed E-state index contributed by atoms with van der Waals surface area (Å²) in [4.78, 5) is 35.9. The van der Waals surface area contributed by atoms with Crippen LogP contribution in [0.25, 0.3) is 11.0 Å². The van der Waals surface area contributed by atoms with Crippen LogP contribution in [0, 0.1) is 6.92 Å². The molecule has 0 fully saturated rings. The number of amides is 2. The van der Waals surface area contributed by atoms with Crippen molar-refractivity contribution in [1.82, 2.24) is 5.43 Å². The molecule has 0 aliphatic heterocycles. The van der Waals surface area contributed by atoms with Crippen molar-refractivity contribution < 1.29 is 14.0 Å². The van der Waals surface area contributed by atoms with Gasteiger partial charge in [-0.25, -0.2) is 5.43 Å². The summed E-state index contributed by atoms with van der Waals surface area (Å²) in [6.45, 7) is 1.87. The van der Waals surface area contributed by atoms with E-state index in [0.29, 0.717) is 16.7 Å². The number of carbonyl (C=O) groups is 2. The molecule has 7 nitrogen and oxygen atoms in total. The van der Waals surface area contributed by atoms with Crippen molar-refractivity contribution in [3.8, 4) is 0 Å². The second kappa shape index (κ2) is 7.43. The Bertz CT molecular complexity index is 1070. The second-order valence-electron chi connectivity index (χ2n) is 5.54. The number of aryl methyl sites for hydroxylation is 1. The molecule has 7 heteroatoms. The molecule has 3 aromatic rings. The van der Waals surface area contributed by atoms with Crippen molar-refractivity contribution >= 4 is 34.7 Å². The minimum atomic E-state index is -0.951. The first-order valence-electron chi connectivity index (χ1n) is 7.76. The third-order valence-corrected chi connectivity index (χ3v) is 3.56. The maximum atomic E-state index is 12.3. The van der Waals surface area contributed by atoms with E-state index in [4.69, 9.17) is 4.42 Å². The lowest BCUT2D eigenvalue weighted by molar-refractivity contribution is -0.136. The molecule has 2 N–H and O–H groups in total. The number of rotatable bonds is 3. The highest BCUT2D eigenvalue weighted by molar-refractivity contribution is 6.39. The molecule has 3 rings (SSSR count). The second-order valence-corrected chi connectivity index (χ2v) is 5.54. The first-order chi connectivity index (χ1) is 12.5. The zero-order valence-corrected chi connectivity index (χ0v) is 13.9. The molecule has 0 atom stereocenters. The number of hydrogen-bond donors (Lipinski definition) is 2. The van der Waals surface area contributed by atoms with Gasteiger partial charge in [0.15, 0.2) is 0 Å². The van der Waals surface area contributed by atoms with Gasteiger partial charge in [0.1, 0.15) is 11.8 Å². The number of nitrogens with one attached hydrogen (secondary N) is 2. The van der Waals surface area contributed by atoms with Crippen LogP contribution in [0.15, 0.2) is 69.1 Å². The average molecular weight is 349 g/mol. The van der Waals surface area contributed by atoms with Crippen molar-refractivity contribution in [1.29, 1.82) is 0 Å². The summed E-state index contributed by atoms with van der Waals surface area (Å²) in [5, 5.41) is 6.51. The highest BCUT2D eigenvalue weighted by atomic mass is 16.3. The molecule has 1 aromatic heterocycles. The third kappa shape index (κ3) is 3.84. The van der Waals surface area contributed by atoms with E-state index in [1.807, 2.05) is 13.0 Å². The quantitative estimate of drug-likeness (QED) is 0.430. The lowest BCUT2D eigenvalue weighted by Crippen LogP contribution is -2.32. The Labute approximate surface area is 148 Å². The van der Waals surface area contributed by atoms with Crippen molar-refractivity contribution in [2.24, 2.45) is 5.10 Å². The SMILES string of the molecule is Cc1cccc(NC(=O)C(=O)N/N=C\c2coc3ccccc3c2=O)c1. The number of para-hydroxylation sites is 1. The summed E-state index contributed by atoms with van der Waals surface area (Å²) in [5.74, 6) is -1.81. The van der Waals surface area contributed by atoms with Gasteiger partial charge in [-0.15, -0.1) is 0 Å². The largest absolute Gasteiger partial charge is 0.463 e. The summed E-state index contributed by atoms with van der Waals surface area (Å²) in [6.07, 6.45) is 2.38. The van der Waals surface area contributed by atoms with E-state index in [-0.39, 0.29) is 11.0 Å². The lowest BCUT2D eigenvalue weighted by Gasteiger charge is -2.04. The van der Waals surface area contributed by atoms with Gasteiger partial charge in [-0.3, -0.25) is 14.4 Å². The smallest absolute Gasteiger partial charge is 0.329 e. The minimum absolute atomic E-state index is 0.156. The summed E-state index contributed by atoms with van der Waals surface area (Å²) in [6, 6.07) is 13.8. The topological polar surface area (TPSA) is 101 Å². The molecule has 1 heterocycles. The Kier molecular flexibility index (Phi) is 4.89. The highest BCUT2D eigenvalue weighted by Gasteiger charge is 2.13. The van der Waals surface area contributed by atoms with Gasteiger partial charge in [-0.1, -0.05) is 24.3 Å². The molecule has 0 bridgehead atoms. The van der Waals surface area contributed by atoms with Crippen molar-refractivity contribution in [3.63, 3.8) is 0 Å². The molecule has 0 aliphatic rings. The number of hydrazone groups is 1. The van der Waals surface area contributed by atoms with Gasteiger partial charge in [0.05, 0.1) is 17.2 Å². The fourth-order valence-electron chi connectivity index (χ4n) is 2.30. The normalized spacial score (nSPS) is 10.8. The Morgan fingerprint density at radius 1 is 1.08 bits per heavy atom. The number of benzene rings is 2. The number of hydrogen-bond acceptors (Lipinski definition) is 5. The maximum absolute atomic E-state index is 12.3. The molecule has 0 unspecified atom stereocenters. The van der Waals surface area contributed by atoms with Crippen molar-refractivity contribution in [2.75, 3.05) is 5.32 Å². The van der Waals surface area contributed by atoms with Crippen LogP contribution in [0.2, 0.25) is 0 Å². The van der Waals surface area contributed by atoms with Gasteiger partial charge in [-0.2, -0.15) is 5.10 Å². The number of carbonyl (C=O) groups excluding carboxylic acids is 2. The Hall–Kier alpha value is -3.74. The van der Waals surface area contributed by atoms with E-state index in [2.05, 4.69) is 15.8 Å². The van der Waals surface area contributed by atoms with E-state index in [1.165, 1.54) is 6.26 Å². The monoisotopic (exact) mass is 349 g/mol. The van der Waals surface area contributed by atoms with Crippen LogP contribution >= 0.6 is 0 Å². The highest BCUT2D eigenvalue weighted by Crippen LogP contribution is 2.10. The van der Waals surface area contributed by atoms with Gasteiger partial charge in [-0.05, 0) is 36.8 Å². The van der Waals surface area contributed by atoms with Crippen LogP contribution < -0.4 is 16.2 Å². The average Bonchev–Trinajstić information content (AvgIpc) is 2.63. The predicted octanol–water partition coefficient (Wildman–Crippen LogP) is 2.19. The van der Waals surface area contributed by atoms with E-state index in [1.54, 1.807) is 42.5 Å². The van der Waals surface area contributed by atoms with Crippen LogP contribution in [-0.4, -0.2) is 18.0 Å². The zero-order valence-electron chi connectivity index (χ0n) is 13.9. The third-order valence-electron chi connectivity index (χ3n) is 3.56. The summed E-state index contributed by atoms with van der Waals surface area (Å²) in [5.41, 5.74) is 3.86. The molecular weight excluding hydrogens is 334 g/mol. The summed E-state index contributed by atoms with van der Waals surface area (Å²) < 4.78 is 5.34. The van der Waals surface area contributed by atoms with Crippen LogP contribution in [-0.2, 0) is 9.59 Å². The molecule has 0 radical (unpaired) electrons. The molecule has 0 saturated carbocycles. The fraction of sp³-hybridized carbons (Fsp3) is 0.0526. The molecular formula is C19H15N3O4. The molecule has 130 valence electrons. The summed E-state index contributed by atoms with van der Waals surface area (Å²) >= 11 is 0. The van der Waals surface area contributed by atoms with Gasteiger partial charge >= 0.3 is 11.8 Å². The van der Waals surface area contributed by atoms with Crippen molar-refractivity contribution in [3.05, 3.63) is 76.1 Å². The zero-order chi connectivity index (χ0) is 18.5. The fourth-order valence-corrected chi connectivity index (χ4v) is 2.30. The van der Waals surface area contributed by atoms with Gasteiger partial charge in [0.25, 0.3) is 0 Å². The molecule has 2 aromatic carbocycles. The summed E-state index contributed by atoms with van der Waals surface area (Å²) in [7, 11) is 0. The van der Waals surface area contributed by atoms with E-state index in [0.717, 1.165) is 11.8 Å². The van der Waals surface area contributed by atoms with Crippen LogP contribution in [0.5, 0.6) is 0 Å². The molecule has 0 aliphatic carbocycles. The van der Waals surface area contributed by atoms with Crippen LogP contribution in [0.4, 0.5) is 5.69 Å². The Morgan fingerprint density at radius 2 is 1.88 bits per heavy atom. The first-order valence-corrected chi connectivity index (χ1v) is 7.76. The van der Waals surface area contributed by atoms with Gasteiger partial charge in [0, 0.05) is 5.69 Å². The van der Waals surface area contributed by atoms with Gasteiger partial charge in [0.2, 0.25) is 5.43 Å². The number of fused-ring (bicyclic) bond motifs is 1. The van der Waals surface area contributed by atoms with E-state index < -0.39 is 11.8 Å². The van der Waals surface area contributed by atoms with Crippen LogP contribution in [0.3, 0.4) is 0 Å². The first kappa shape index (κ1) is 17.1. The molecule has 0 saturated heterocycles. The Balaban J connectivity index is 1.66. The van der Waals surface area contributed by atoms with E-state index >= 15 is 0 Å². The van der Waals surface area contributed by atoms with Gasteiger partial charge < -0.3 is 9.73 Å². The minimum Gasteiger partial charge on any atom is -0.463 e. The molecule has 26 heavy (non-hydrogen) atoms. The Morgan fingerprint density at radius 3 is 2.69 bits per heavy atom. The molecule has 0 spiro atoms. The van der Waals surface area contributed by atoms with E-state index in [9.17, 15) is 14.4 Å². The lowest BCUT2D eigenvalue weighted by atomic mass is 10.2. The standard InChI is InChI=1S/C19H15N3O4/c1-12-5-4-6-14(9-12)21-18(24)19(25)22-20-10-13-11-26-16-8-3-2-7-15(16)17(13)23/h2-11H,1H3,(H,21,24)(H,22,25)/b20-10-. The maximum Gasteiger partial charge on any atom is 0.329 e. The molecule has 2 amide bonds.